The second-order valence-corrected chi connectivity index (χ2v) is 17.2. The number of aliphatic hydroxyl groups excluding tert-OH is 6. The van der Waals surface area contributed by atoms with Gasteiger partial charge in [-0.15, -0.1) is 0 Å². The molecule has 0 amide bonds. The van der Waals surface area contributed by atoms with Crippen molar-refractivity contribution in [1.82, 2.24) is 0 Å². The van der Waals surface area contributed by atoms with E-state index in [9.17, 15) is 30.6 Å². The Hall–Kier alpha value is -4.54. The number of hydrogen-bond acceptors (Lipinski definition) is 16. The molecule has 3 aliphatic heterocycles. The highest BCUT2D eigenvalue weighted by Crippen LogP contribution is 2.39. The minimum absolute atomic E-state index is 0.00569. The monoisotopic (exact) mass is 954 g/mol. The van der Waals surface area contributed by atoms with E-state index < -0.39 is 105 Å². The molecule has 5 aromatic carbocycles. The molecule has 0 spiro atoms. The summed E-state index contributed by atoms with van der Waals surface area (Å²) in [6, 6.07) is 46.9. The van der Waals surface area contributed by atoms with Crippen molar-refractivity contribution in [2.45, 2.75) is 125 Å². The second kappa shape index (κ2) is 25.5. The van der Waals surface area contributed by atoms with E-state index in [2.05, 4.69) is 0 Å². The van der Waals surface area contributed by atoms with Crippen LogP contribution >= 0.6 is 0 Å². The van der Waals surface area contributed by atoms with Crippen molar-refractivity contribution in [3.8, 4) is 0 Å². The smallest absolute Gasteiger partial charge is 0.187 e. The summed E-state index contributed by atoms with van der Waals surface area (Å²) >= 11 is 0. The third-order valence-corrected chi connectivity index (χ3v) is 12.3. The molecule has 370 valence electrons. The standard InChI is InChI=1S/C53H62O16/c54-26-39(56)43-46(61-29-35-18-8-2-9-19-35)42(58)52(66-43)69-50-47(62-30-36-20-10-3-11-21-36)44(40(57)27-55)67-53(50)68-45-41(33-60-28-34-16-6-1-7-17-34)65-51(59)49(64-32-38-24-14-5-15-25-38)48(45)63-31-37-22-12-4-13-23-37/h1-25,39-59H,26-33H2/t39-,40-,41-,42-,43+,44+,45+,46-,47+,48+,49-,50-,51-,52-,53-/m1/s1. The van der Waals surface area contributed by atoms with Gasteiger partial charge in [-0.2, -0.15) is 0 Å². The van der Waals surface area contributed by atoms with E-state index in [0.29, 0.717) is 0 Å². The number of hydrogen-bond donors (Lipinski definition) is 6. The maximum Gasteiger partial charge on any atom is 0.187 e. The van der Waals surface area contributed by atoms with Crippen molar-refractivity contribution in [2.75, 3.05) is 19.8 Å². The quantitative estimate of drug-likeness (QED) is 0.0522. The van der Waals surface area contributed by atoms with Crippen LogP contribution in [0.25, 0.3) is 0 Å². The first-order valence-electron chi connectivity index (χ1n) is 23.2. The van der Waals surface area contributed by atoms with Crippen LogP contribution in [-0.2, 0) is 80.4 Å². The molecule has 0 saturated carbocycles. The van der Waals surface area contributed by atoms with Crippen LogP contribution in [0.1, 0.15) is 27.8 Å². The Labute approximate surface area is 401 Å². The largest absolute Gasteiger partial charge is 0.394 e. The molecule has 0 unspecified atom stereocenters. The lowest BCUT2D eigenvalue weighted by Gasteiger charge is -2.45. The van der Waals surface area contributed by atoms with Crippen molar-refractivity contribution in [1.29, 1.82) is 0 Å². The highest BCUT2D eigenvalue weighted by atomic mass is 16.8. The first kappa shape index (κ1) is 50.8. The van der Waals surface area contributed by atoms with Crippen LogP contribution in [0, 0.1) is 0 Å². The van der Waals surface area contributed by atoms with Crippen LogP contribution in [0.15, 0.2) is 152 Å². The fraction of sp³-hybridized carbons (Fsp3) is 0.434. The molecule has 3 heterocycles. The summed E-state index contributed by atoms with van der Waals surface area (Å²) in [7, 11) is 0. The Morgan fingerprint density at radius 3 is 1.25 bits per heavy atom. The molecule has 15 atom stereocenters. The Bertz CT molecular complexity index is 2200. The molecule has 3 aliphatic rings. The van der Waals surface area contributed by atoms with Crippen LogP contribution in [0.3, 0.4) is 0 Å². The molecule has 16 heteroatoms. The van der Waals surface area contributed by atoms with Crippen molar-refractivity contribution < 1.29 is 78.0 Å². The van der Waals surface area contributed by atoms with Gasteiger partial charge in [-0.1, -0.05) is 152 Å². The fourth-order valence-corrected chi connectivity index (χ4v) is 8.69. The van der Waals surface area contributed by atoms with Gasteiger partial charge in [0.2, 0.25) is 0 Å². The van der Waals surface area contributed by atoms with Gasteiger partial charge in [-0.3, -0.25) is 0 Å². The van der Waals surface area contributed by atoms with Gasteiger partial charge in [0.15, 0.2) is 18.9 Å². The molecular formula is C53H62O16. The van der Waals surface area contributed by atoms with Gasteiger partial charge in [0.1, 0.15) is 73.2 Å². The molecule has 8 rings (SSSR count). The third-order valence-electron chi connectivity index (χ3n) is 12.3. The van der Waals surface area contributed by atoms with E-state index >= 15 is 0 Å². The van der Waals surface area contributed by atoms with Gasteiger partial charge in [0, 0.05) is 0 Å². The van der Waals surface area contributed by atoms with E-state index in [-0.39, 0.29) is 39.6 Å². The fourth-order valence-electron chi connectivity index (χ4n) is 8.69. The Kier molecular flexibility index (Phi) is 18.8. The maximum atomic E-state index is 11.9. The summed E-state index contributed by atoms with van der Waals surface area (Å²) in [5.41, 5.74) is 4.11. The number of rotatable bonds is 24. The number of aliphatic hydroxyl groups is 6. The summed E-state index contributed by atoms with van der Waals surface area (Å²) in [6.07, 6.45) is -19.8. The van der Waals surface area contributed by atoms with Crippen LogP contribution < -0.4 is 0 Å². The lowest BCUT2D eigenvalue weighted by Crippen LogP contribution is -2.62. The lowest BCUT2D eigenvalue weighted by atomic mass is 9.97. The summed E-state index contributed by atoms with van der Waals surface area (Å²) in [5, 5.41) is 66.5. The normalized spacial score (nSPS) is 30.0. The molecule has 69 heavy (non-hydrogen) atoms. The van der Waals surface area contributed by atoms with Gasteiger partial charge in [-0.05, 0) is 27.8 Å². The van der Waals surface area contributed by atoms with Crippen molar-refractivity contribution in [3.05, 3.63) is 179 Å². The Morgan fingerprint density at radius 2 is 0.783 bits per heavy atom. The SMILES string of the molecule is OC[C@@H](O)[C@@H]1O[C@H](O[C@@H]2[C@H](OCc3ccccc3)[C@@H](OCc3ccccc3)[C@H](O)O[C@@H]2COCc2ccccc2)[C@H](O[C@H]2O[C@@H]([C@H](O)CO)[C@H](OCc3ccccc3)[C@H]2O)[C@H]1OCc1ccccc1. The van der Waals surface area contributed by atoms with Gasteiger partial charge in [0.25, 0.3) is 0 Å². The zero-order valence-electron chi connectivity index (χ0n) is 38.0. The summed E-state index contributed by atoms with van der Waals surface area (Å²) in [6.45, 7) is -1.15. The van der Waals surface area contributed by atoms with E-state index in [1.807, 2.05) is 152 Å². The van der Waals surface area contributed by atoms with Crippen LogP contribution in [0.4, 0.5) is 0 Å². The summed E-state index contributed by atoms with van der Waals surface area (Å²) < 4.78 is 64.7. The van der Waals surface area contributed by atoms with Crippen LogP contribution in [0.2, 0.25) is 0 Å². The minimum atomic E-state index is -1.54. The highest BCUT2D eigenvalue weighted by Gasteiger charge is 2.57. The molecule has 0 bridgehead atoms. The van der Waals surface area contributed by atoms with E-state index in [1.165, 1.54) is 0 Å². The molecule has 16 nitrogen and oxygen atoms in total. The average molecular weight is 955 g/mol. The average Bonchev–Trinajstić information content (AvgIpc) is 3.90. The third kappa shape index (κ3) is 13.5. The topological polar surface area (TPSA) is 214 Å². The lowest BCUT2D eigenvalue weighted by molar-refractivity contribution is -0.343. The first-order valence-corrected chi connectivity index (χ1v) is 23.2. The van der Waals surface area contributed by atoms with E-state index in [0.717, 1.165) is 27.8 Å². The maximum absolute atomic E-state index is 11.9. The summed E-state index contributed by atoms with van der Waals surface area (Å²) in [5.74, 6) is 0. The molecule has 0 aromatic heterocycles. The molecule has 3 fully saturated rings. The van der Waals surface area contributed by atoms with Crippen molar-refractivity contribution in [3.63, 3.8) is 0 Å². The van der Waals surface area contributed by atoms with Gasteiger partial charge >= 0.3 is 0 Å². The van der Waals surface area contributed by atoms with Gasteiger partial charge in [0.05, 0.1) is 52.9 Å². The van der Waals surface area contributed by atoms with Crippen LogP contribution in [0.5, 0.6) is 0 Å². The minimum Gasteiger partial charge on any atom is -0.394 e. The molecule has 0 radical (unpaired) electrons. The molecular weight excluding hydrogens is 893 g/mol. The molecule has 0 aliphatic carbocycles. The van der Waals surface area contributed by atoms with Crippen molar-refractivity contribution >= 4 is 0 Å². The zero-order chi connectivity index (χ0) is 48.0. The Morgan fingerprint density at radius 1 is 0.406 bits per heavy atom. The second-order valence-electron chi connectivity index (χ2n) is 17.2. The molecule has 3 saturated heterocycles. The number of benzene rings is 5. The van der Waals surface area contributed by atoms with Crippen LogP contribution in [-0.4, -0.2) is 143 Å². The summed E-state index contributed by atoms with van der Waals surface area (Å²) in [4.78, 5) is 0. The van der Waals surface area contributed by atoms with E-state index in [4.69, 9.17) is 47.4 Å². The highest BCUT2D eigenvalue weighted by molar-refractivity contribution is 5.17. The van der Waals surface area contributed by atoms with Gasteiger partial charge in [-0.25, -0.2) is 0 Å². The molecule has 6 N–H and O–H groups in total. The molecule has 5 aromatic rings. The predicted molar refractivity (Wildman–Crippen MR) is 246 cm³/mol. The zero-order valence-corrected chi connectivity index (χ0v) is 38.0. The number of ether oxygens (including phenoxy) is 10. The van der Waals surface area contributed by atoms with Gasteiger partial charge < -0.3 is 78.0 Å². The first-order chi connectivity index (χ1) is 33.8. The van der Waals surface area contributed by atoms with E-state index in [1.54, 1.807) is 0 Å². The van der Waals surface area contributed by atoms with Crippen molar-refractivity contribution in [2.24, 2.45) is 0 Å². The predicted octanol–water partition coefficient (Wildman–Crippen LogP) is 3.55. The Balaban J connectivity index is 1.14.